The van der Waals surface area contributed by atoms with E-state index < -0.39 is 0 Å². The first-order valence-electron chi connectivity index (χ1n) is 7.72. The van der Waals surface area contributed by atoms with Gasteiger partial charge >= 0.3 is 0 Å². The minimum atomic E-state index is -0.143. The first-order valence-corrected chi connectivity index (χ1v) is 7.72. The van der Waals surface area contributed by atoms with E-state index in [0.29, 0.717) is 11.4 Å². The van der Waals surface area contributed by atoms with Crippen molar-refractivity contribution >= 4 is 5.69 Å². The minimum absolute atomic E-state index is 0.143. The topological polar surface area (TPSA) is 26.7 Å². The van der Waals surface area contributed by atoms with Crippen LogP contribution in [0.15, 0.2) is 48.5 Å². The number of hydrogen-bond acceptors (Lipinski definition) is 3. The highest BCUT2D eigenvalue weighted by atomic mass is 19.1. The van der Waals surface area contributed by atoms with Crippen LogP contribution < -0.4 is 4.90 Å². The summed E-state index contributed by atoms with van der Waals surface area (Å²) >= 11 is 0. The van der Waals surface area contributed by atoms with Crippen LogP contribution in [0.4, 0.5) is 10.1 Å². The molecule has 0 unspecified atom stereocenters. The van der Waals surface area contributed by atoms with Gasteiger partial charge in [0.15, 0.2) is 0 Å². The Morgan fingerprint density at radius 3 is 2.45 bits per heavy atom. The van der Waals surface area contributed by atoms with E-state index in [0.717, 1.165) is 44.7 Å². The molecule has 1 aliphatic heterocycles. The van der Waals surface area contributed by atoms with Crippen LogP contribution in [0.2, 0.25) is 0 Å². The summed E-state index contributed by atoms with van der Waals surface area (Å²) < 4.78 is 13.8. The van der Waals surface area contributed by atoms with Crippen LogP contribution in [0.5, 0.6) is 5.75 Å². The zero-order valence-electron chi connectivity index (χ0n) is 12.6. The monoisotopic (exact) mass is 300 g/mol. The Kier molecular flexibility index (Phi) is 4.59. The van der Waals surface area contributed by atoms with Crippen LogP contribution in [0, 0.1) is 5.82 Å². The van der Waals surface area contributed by atoms with Crippen LogP contribution in [0.3, 0.4) is 0 Å². The Labute approximate surface area is 130 Å². The minimum Gasteiger partial charge on any atom is -0.508 e. The van der Waals surface area contributed by atoms with Gasteiger partial charge in [0.25, 0.3) is 0 Å². The number of piperazine rings is 1. The maximum atomic E-state index is 13.8. The molecule has 1 N–H and O–H groups in total. The van der Waals surface area contributed by atoms with E-state index in [1.807, 2.05) is 30.3 Å². The molecule has 0 saturated carbocycles. The Bertz CT molecular complexity index is 624. The summed E-state index contributed by atoms with van der Waals surface area (Å²) in [5.41, 5.74) is 1.85. The van der Waals surface area contributed by atoms with E-state index >= 15 is 0 Å². The first kappa shape index (κ1) is 14.9. The molecule has 2 aromatic carbocycles. The van der Waals surface area contributed by atoms with Gasteiger partial charge in [0.05, 0.1) is 5.69 Å². The first-order chi connectivity index (χ1) is 10.7. The van der Waals surface area contributed by atoms with E-state index in [4.69, 9.17) is 0 Å². The molecule has 116 valence electrons. The van der Waals surface area contributed by atoms with E-state index in [1.54, 1.807) is 12.1 Å². The highest BCUT2D eigenvalue weighted by Crippen LogP contribution is 2.20. The van der Waals surface area contributed by atoms with E-state index in [9.17, 15) is 9.50 Å². The second kappa shape index (κ2) is 6.79. The molecule has 3 nitrogen and oxygen atoms in total. The van der Waals surface area contributed by atoms with Crippen LogP contribution in [0.25, 0.3) is 0 Å². The van der Waals surface area contributed by atoms with Gasteiger partial charge in [-0.25, -0.2) is 4.39 Å². The number of nitrogens with zero attached hydrogens (tertiary/aromatic N) is 2. The predicted molar refractivity (Wildman–Crippen MR) is 86.9 cm³/mol. The van der Waals surface area contributed by atoms with Crippen LogP contribution >= 0.6 is 0 Å². The molecule has 0 bridgehead atoms. The normalized spacial score (nSPS) is 16.0. The van der Waals surface area contributed by atoms with Gasteiger partial charge < -0.3 is 10.0 Å². The number of hydrogen-bond donors (Lipinski definition) is 1. The molecule has 4 heteroatoms. The van der Waals surface area contributed by atoms with E-state index in [1.165, 1.54) is 6.07 Å². The van der Waals surface area contributed by atoms with Crippen molar-refractivity contribution in [2.24, 2.45) is 0 Å². The Balaban J connectivity index is 1.51. The molecule has 1 fully saturated rings. The third-order valence-corrected chi connectivity index (χ3v) is 4.19. The zero-order chi connectivity index (χ0) is 15.4. The third-order valence-electron chi connectivity index (χ3n) is 4.19. The molecular formula is C18H21FN2O. The summed E-state index contributed by atoms with van der Waals surface area (Å²) in [6.45, 7) is 4.54. The summed E-state index contributed by atoms with van der Waals surface area (Å²) in [6.07, 6.45) is 0.925. The van der Waals surface area contributed by atoms with Crippen molar-refractivity contribution in [2.45, 2.75) is 6.42 Å². The molecule has 0 atom stereocenters. The van der Waals surface area contributed by atoms with Crippen molar-refractivity contribution < 1.29 is 9.50 Å². The molecule has 1 heterocycles. The zero-order valence-corrected chi connectivity index (χ0v) is 12.6. The van der Waals surface area contributed by atoms with Crippen molar-refractivity contribution in [3.05, 3.63) is 59.9 Å². The van der Waals surface area contributed by atoms with Crippen molar-refractivity contribution in [1.29, 1.82) is 0 Å². The molecule has 0 radical (unpaired) electrons. The van der Waals surface area contributed by atoms with Gasteiger partial charge in [-0.3, -0.25) is 4.90 Å². The second-order valence-electron chi connectivity index (χ2n) is 5.70. The quantitative estimate of drug-likeness (QED) is 0.940. The molecule has 0 aliphatic carbocycles. The van der Waals surface area contributed by atoms with Crippen molar-refractivity contribution in [3.63, 3.8) is 0 Å². The molecule has 1 aliphatic rings. The maximum absolute atomic E-state index is 13.8. The number of benzene rings is 2. The molecule has 0 aromatic heterocycles. The highest BCUT2D eigenvalue weighted by Gasteiger charge is 2.18. The fourth-order valence-electron chi connectivity index (χ4n) is 2.92. The summed E-state index contributed by atoms with van der Waals surface area (Å²) in [4.78, 5) is 4.50. The number of halogens is 1. The Morgan fingerprint density at radius 1 is 0.955 bits per heavy atom. The number of phenols is 1. The summed E-state index contributed by atoms with van der Waals surface area (Å²) in [5.74, 6) is 0.178. The van der Waals surface area contributed by atoms with Crippen molar-refractivity contribution in [3.8, 4) is 5.75 Å². The fourth-order valence-corrected chi connectivity index (χ4v) is 2.92. The molecule has 22 heavy (non-hydrogen) atoms. The van der Waals surface area contributed by atoms with Crippen LogP contribution in [-0.4, -0.2) is 42.7 Å². The molecule has 1 saturated heterocycles. The number of para-hydroxylation sites is 1. The lowest BCUT2D eigenvalue weighted by atomic mass is 10.1. The number of phenolic OH excluding ortho intramolecular Hbond substituents is 1. The largest absolute Gasteiger partial charge is 0.508 e. The van der Waals surface area contributed by atoms with Crippen LogP contribution in [-0.2, 0) is 6.42 Å². The third kappa shape index (κ3) is 3.57. The summed E-state index contributed by atoms with van der Waals surface area (Å²) in [7, 11) is 0. The van der Waals surface area contributed by atoms with E-state index in [2.05, 4.69) is 9.80 Å². The number of aromatic hydroxyl groups is 1. The van der Waals surface area contributed by atoms with E-state index in [-0.39, 0.29) is 5.82 Å². The summed E-state index contributed by atoms with van der Waals surface area (Å²) in [5, 5.41) is 9.48. The lowest BCUT2D eigenvalue weighted by Crippen LogP contribution is -2.47. The average Bonchev–Trinajstić information content (AvgIpc) is 2.54. The van der Waals surface area contributed by atoms with Gasteiger partial charge in [0, 0.05) is 32.7 Å². The Hall–Kier alpha value is -2.07. The van der Waals surface area contributed by atoms with Gasteiger partial charge in [-0.2, -0.15) is 0 Å². The van der Waals surface area contributed by atoms with Crippen molar-refractivity contribution in [2.75, 3.05) is 37.6 Å². The molecule has 3 rings (SSSR count). The smallest absolute Gasteiger partial charge is 0.146 e. The molecular weight excluding hydrogens is 279 g/mol. The number of rotatable bonds is 4. The van der Waals surface area contributed by atoms with Gasteiger partial charge in [0.1, 0.15) is 11.6 Å². The second-order valence-corrected chi connectivity index (χ2v) is 5.70. The standard InChI is InChI=1S/C18H21FN2O/c19-17-6-1-2-7-18(17)21-12-10-20(11-13-21)9-8-15-4-3-5-16(22)14-15/h1-7,14,22H,8-13H2. The lowest BCUT2D eigenvalue weighted by Gasteiger charge is -2.36. The highest BCUT2D eigenvalue weighted by molar-refractivity contribution is 5.48. The molecule has 0 spiro atoms. The molecule has 2 aromatic rings. The van der Waals surface area contributed by atoms with Gasteiger partial charge in [-0.05, 0) is 36.2 Å². The van der Waals surface area contributed by atoms with Gasteiger partial charge in [0.2, 0.25) is 0 Å². The van der Waals surface area contributed by atoms with Crippen molar-refractivity contribution in [1.82, 2.24) is 4.90 Å². The Morgan fingerprint density at radius 2 is 1.73 bits per heavy atom. The maximum Gasteiger partial charge on any atom is 0.146 e. The summed E-state index contributed by atoms with van der Waals surface area (Å²) in [6, 6.07) is 14.4. The van der Waals surface area contributed by atoms with Gasteiger partial charge in [-0.1, -0.05) is 24.3 Å². The fraction of sp³-hybridized carbons (Fsp3) is 0.333. The predicted octanol–water partition coefficient (Wildman–Crippen LogP) is 2.90. The van der Waals surface area contributed by atoms with Crippen LogP contribution in [0.1, 0.15) is 5.56 Å². The SMILES string of the molecule is Oc1cccc(CCN2CCN(c3ccccc3F)CC2)c1. The lowest BCUT2D eigenvalue weighted by molar-refractivity contribution is 0.260. The average molecular weight is 300 g/mol. The molecule has 0 amide bonds. The number of anilines is 1. The van der Waals surface area contributed by atoms with Gasteiger partial charge in [-0.15, -0.1) is 0 Å².